The molecule has 7 rings (SSSR count). The first kappa shape index (κ1) is 31.2. The monoisotopic (exact) mass is 614 g/mol. The molecule has 2 amide bonds. The summed E-state index contributed by atoms with van der Waals surface area (Å²) in [6.07, 6.45) is 9.75. The fraction of sp³-hybridized carbons (Fsp3) is 0.706. The van der Waals surface area contributed by atoms with Crippen LogP contribution in [-0.4, -0.2) is 33.4 Å². The number of halogens is 3. The van der Waals surface area contributed by atoms with Crippen molar-refractivity contribution in [2.24, 2.45) is 16.7 Å². The van der Waals surface area contributed by atoms with Gasteiger partial charge in [-0.25, -0.2) is 4.98 Å². The zero-order chi connectivity index (χ0) is 31.3. The van der Waals surface area contributed by atoms with E-state index in [0.29, 0.717) is 32.9 Å². The molecule has 1 aliphatic heterocycles. The van der Waals surface area contributed by atoms with Crippen LogP contribution >= 0.6 is 0 Å². The van der Waals surface area contributed by atoms with E-state index in [4.69, 9.17) is 0 Å². The second-order valence-electron chi connectivity index (χ2n) is 15.1. The fourth-order valence-electron chi connectivity index (χ4n) is 10.1. The van der Waals surface area contributed by atoms with Crippen LogP contribution in [0.1, 0.15) is 121 Å². The third-order valence-corrected chi connectivity index (χ3v) is 10.8. The third kappa shape index (κ3) is 6.20. The number of aryl methyl sites for hydroxylation is 1. The van der Waals surface area contributed by atoms with Crippen LogP contribution in [0.3, 0.4) is 0 Å². The summed E-state index contributed by atoms with van der Waals surface area (Å²) in [6, 6.07) is 3.34. The minimum atomic E-state index is -4.94. The summed E-state index contributed by atoms with van der Waals surface area (Å²) in [5.74, 6) is -2.00. The topological polar surface area (TPSA) is 93.1 Å². The summed E-state index contributed by atoms with van der Waals surface area (Å²) >= 11 is 0. The molecule has 4 saturated carbocycles. The van der Waals surface area contributed by atoms with Crippen LogP contribution < -0.4 is 16.2 Å². The van der Waals surface area contributed by atoms with Crippen molar-refractivity contribution in [3.8, 4) is 0 Å². The molecule has 2 aromatic rings. The number of hydrogen-bond acceptors (Lipinski definition) is 5. The highest BCUT2D eigenvalue weighted by atomic mass is 19.4. The van der Waals surface area contributed by atoms with Crippen molar-refractivity contribution >= 4 is 22.7 Å². The van der Waals surface area contributed by atoms with Crippen molar-refractivity contribution in [1.29, 1.82) is 0 Å². The minimum absolute atomic E-state index is 0.0297. The molecular weight excluding hydrogens is 569 g/mol. The van der Waals surface area contributed by atoms with E-state index < -0.39 is 35.4 Å². The van der Waals surface area contributed by atoms with E-state index in [1.165, 1.54) is 44.6 Å². The molecule has 0 spiro atoms. The van der Waals surface area contributed by atoms with E-state index in [0.717, 1.165) is 51.0 Å². The van der Waals surface area contributed by atoms with Gasteiger partial charge in [0.25, 0.3) is 5.56 Å². The summed E-state index contributed by atoms with van der Waals surface area (Å²) in [5.41, 5.74) is 1.09. The lowest BCUT2D eigenvalue weighted by Crippen LogP contribution is -2.64. The van der Waals surface area contributed by atoms with Gasteiger partial charge in [0.05, 0.1) is 10.9 Å². The molecule has 1 aromatic heterocycles. The van der Waals surface area contributed by atoms with Gasteiger partial charge < -0.3 is 5.32 Å². The van der Waals surface area contributed by atoms with Gasteiger partial charge in [-0.2, -0.15) is 13.2 Å². The zero-order valence-electron chi connectivity index (χ0n) is 26.0. The number of nitrogens with one attached hydrogen (secondary N) is 2. The molecule has 5 fully saturated rings. The number of aromatic nitrogens is 2. The molecule has 240 valence electrons. The molecule has 2 heterocycles. The number of alkyl halides is 3. The number of benzene rings is 1. The molecule has 3 atom stereocenters. The van der Waals surface area contributed by atoms with Gasteiger partial charge >= 0.3 is 6.18 Å². The number of amides is 2. The largest absolute Gasteiger partial charge is 0.449 e. The number of fused-ring (bicyclic) bond motifs is 1. The van der Waals surface area contributed by atoms with Crippen molar-refractivity contribution in [3.63, 3.8) is 0 Å². The van der Waals surface area contributed by atoms with Gasteiger partial charge in [0, 0.05) is 12.0 Å². The maximum absolute atomic E-state index is 14.0. The van der Waals surface area contributed by atoms with Gasteiger partial charge in [-0.05, 0) is 99.1 Å². The number of carbonyl (C=O) groups excluding carboxylic acids is 2. The van der Waals surface area contributed by atoms with Crippen molar-refractivity contribution in [3.05, 3.63) is 39.9 Å². The van der Waals surface area contributed by atoms with Gasteiger partial charge in [0.1, 0.15) is 6.04 Å². The van der Waals surface area contributed by atoms with Gasteiger partial charge in [-0.1, -0.05) is 51.7 Å². The lowest BCUT2D eigenvalue weighted by atomic mass is 9.43. The van der Waals surface area contributed by atoms with E-state index in [2.05, 4.69) is 29.5 Å². The zero-order valence-corrected chi connectivity index (χ0v) is 26.0. The number of nitrogens with zero attached hydrogens (tertiary/aromatic N) is 2. The Morgan fingerprint density at radius 1 is 0.955 bits per heavy atom. The maximum Gasteiger partial charge on any atom is 0.449 e. The third-order valence-electron chi connectivity index (χ3n) is 10.8. The second kappa shape index (κ2) is 11.6. The average Bonchev–Trinajstić information content (AvgIpc) is 2.90. The predicted molar refractivity (Wildman–Crippen MR) is 162 cm³/mol. The van der Waals surface area contributed by atoms with Crippen molar-refractivity contribution in [1.82, 2.24) is 20.2 Å². The minimum Gasteiger partial charge on any atom is -0.311 e. The highest BCUT2D eigenvalue weighted by Crippen LogP contribution is 2.66. The van der Waals surface area contributed by atoms with Crippen LogP contribution in [-0.2, 0) is 22.2 Å². The summed E-state index contributed by atoms with van der Waals surface area (Å²) in [6.45, 7) is 6.09. The smallest absolute Gasteiger partial charge is 0.311 e. The quantitative estimate of drug-likeness (QED) is 0.219. The molecule has 4 aliphatic carbocycles. The van der Waals surface area contributed by atoms with Crippen molar-refractivity contribution in [2.45, 2.75) is 128 Å². The number of unbranched alkanes of at least 4 members (excludes halogenated alkanes) is 5. The molecule has 44 heavy (non-hydrogen) atoms. The van der Waals surface area contributed by atoms with Crippen LogP contribution in [0.4, 0.5) is 13.2 Å². The summed E-state index contributed by atoms with van der Waals surface area (Å²) in [4.78, 5) is 41.5. The van der Waals surface area contributed by atoms with E-state index in [9.17, 15) is 27.6 Å². The van der Waals surface area contributed by atoms with Gasteiger partial charge in [0.2, 0.25) is 17.6 Å². The second-order valence-corrected chi connectivity index (χ2v) is 15.1. The number of imide groups is 1. The molecule has 0 radical (unpaired) electrons. The number of carbonyl (C=O) groups is 2. The van der Waals surface area contributed by atoms with Crippen LogP contribution in [0, 0.1) is 16.7 Å². The number of rotatable bonds is 11. The molecule has 7 nitrogen and oxygen atoms in total. The maximum atomic E-state index is 14.0. The van der Waals surface area contributed by atoms with E-state index in [1.54, 1.807) is 12.1 Å². The molecule has 1 saturated heterocycles. The molecular formula is C34H45F3N4O3. The molecule has 10 heteroatoms. The van der Waals surface area contributed by atoms with Crippen molar-refractivity contribution < 1.29 is 22.8 Å². The van der Waals surface area contributed by atoms with Gasteiger partial charge in [-0.15, -0.1) is 0 Å². The summed E-state index contributed by atoms with van der Waals surface area (Å²) in [7, 11) is 0. The van der Waals surface area contributed by atoms with Crippen LogP contribution in [0.5, 0.6) is 0 Å². The Balaban J connectivity index is 1.02. The number of hydrogen-bond donors (Lipinski definition) is 2. The molecule has 0 unspecified atom stereocenters. The molecule has 2 N–H and O–H groups in total. The SMILES string of the molecule is C[C@]12CC3CC(NCCCCCCCCc4cccc5nc(C(F)(F)F)n([C@H]6CCC(=O)NC6=O)c(=O)c45)(C1)C[C@](C)(C3)C2. The highest BCUT2D eigenvalue weighted by Gasteiger charge is 2.59. The fourth-order valence-corrected chi connectivity index (χ4v) is 10.1. The van der Waals surface area contributed by atoms with Crippen LogP contribution in [0.15, 0.2) is 23.0 Å². The van der Waals surface area contributed by atoms with E-state index in [1.807, 2.05) is 0 Å². The van der Waals surface area contributed by atoms with E-state index >= 15 is 0 Å². The number of piperidine rings is 1. The Morgan fingerprint density at radius 2 is 1.64 bits per heavy atom. The standard InChI is InChI=1S/C34H45F3N4O3/c1-31-16-22-17-32(2,19-31)21-33(18-22,20-31)38-15-8-6-4-3-5-7-10-23-11-9-12-24-27(23)29(44)41(30(39-24)34(35,36)37)25-13-14-26(42)40-28(25)43/h9,11-12,22,25,38H,3-8,10,13-21H2,1-2H3,(H,40,42,43)/t22?,25-,31+,32+,33?/m0/s1. The molecule has 5 aliphatic rings. The average molecular weight is 615 g/mol. The molecule has 4 bridgehead atoms. The first-order chi connectivity index (χ1) is 20.8. The first-order valence-corrected chi connectivity index (χ1v) is 16.5. The van der Waals surface area contributed by atoms with Crippen molar-refractivity contribution in [2.75, 3.05) is 6.54 Å². The Bertz CT molecular complexity index is 1480. The molecule has 1 aromatic carbocycles. The summed E-state index contributed by atoms with van der Waals surface area (Å²) < 4.78 is 42.4. The highest BCUT2D eigenvalue weighted by molar-refractivity contribution is 5.99. The van der Waals surface area contributed by atoms with Gasteiger partial charge in [-0.3, -0.25) is 24.3 Å². The lowest BCUT2D eigenvalue weighted by molar-refractivity contribution is -0.150. The Kier molecular flexibility index (Phi) is 8.21. The predicted octanol–water partition coefficient (Wildman–Crippen LogP) is 6.61. The van der Waals surface area contributed by atoms with E-state index in [-0.39, 0.29) is 23.7 Å². The van der Waals surface area contributed by atoms with Crippen LogP contribution in [0.2, 0.25) is 0 Å². The lowest BCUT2D eigenvalue weighted by Gasteiger charge is -2.65. The normalized spacial score (nSPS) is 31.6. The summed E-state index contributed by atoms with van der Waals surface area (Å²) in [5, 5.41) is 6.19. The first-order valence-electron chi connectivity index (χ1n) is 16.5. The Hall–Kier alpha value is -2.75. The van der Waals surface area contributed by atoms with Crippen LogP contribution in [0.25, 0.3) is 10.9 Å². The Morgan fingerprint density at radius 3 is 2.30 bits per heavy atom. The Labute approximate surface area is 256 Å². The van der Waals surface area contributed by atoms with Gasteiger partial charge in [0.15, 0.2) is 0 Å².